The lowest BCUT2D eigenvalue weighted by Gasteiger charge is -2.19. The Morgan fingerprint density at radius 3 is 2.36 bits per heavy atom. The van der Waals surface area contributed by atoms with Crippen molar-refractivity contribution in [3.8, 4) is 17.1 Å². The molecule has 0 fully saturated rings. The zero-order valence-electron chi connectivity index (χ0n) is 19.1. The zero-order valence-corrected chi connectivity index (χ0v) is 19.9. The molecule has 4 rings (SSSR count). The van der Waals surface area contributed by atoms with Crippen LogP contribution in [-0.2, 0) is 12.0 Å². The van der Waals surface area contributed by atoms with Crippen LogP contribution in [0.15, 0.2) is 58.7 Å². The Hall–Kier alpha value is -3.45. The fourth-order valence-electron chi connectivity index (χ4n) is 3.62. The van der Waals surface area contributed by atoms with Gasteiger partial charge in [-0.25, -0.2) is 9.78 Å². The first-order valence-corrected chi connectivity index (χ1v) is 11.6. The second-order valence-corrected chi connectivity index (χ2v) is 9.87. The number of fused-ring (bicyclic) bond motifs is 1. The van der Waals surface area contributed by atoms with E-state index in [2.05, 4.69) is 25.8 Å². The van der Waals surface area contributed by atoms with Gasteiger partial charge in [-0.05, 0) is 30.0 Å². The quantitative estimate of drug-likeness (QED) is 0.409. The lowest BCUT2D eigenvalue weighted by molar-refractivity contribution is 0.0699. The van der Waals surface area contributed by atoms with Crippen LogP contribution in [0.4, 0.5) is 0 Å². The Morgan fingerprint density at radius 2 is 1.76 bits per heavy atom. The standard InChI is InChI=1S/C26H26N2O4S/c1-16-5-7-17(8-6-16)22-27-23-21(20(15-33-23)25(30)31)24(29)28(22)13-14-32-19-11-9-18(10-12-19)26(2,3)4/h5-12,15H,13-14H2,1-4H3,(H,30,31). The van der Waals surface area contributed by atoms with E-state index >= 15 is 0 Å². The van der Waals surface area contributed by atoms with Crippen LogP contribution in [0.2, 0.25) is 0 Å². The van der Waals surface area contributed by atoms with Crippen LogP contribution < -0.4 is 10.3 Å². The summed E-state index contributed by atoms with van der Waals surface area (Å²) in [7, 11) is 0. The number of hydrogen-bond acceptors (Lipinski definition) is 5. The molecule has 6 nitrogen and oxygen atoms in total. The number of carbonyl (C=O) groups is 1. The van der Waals surface area contributed by atoms with Gasteiger partial charge < -0.3 is 9.84 Å². The van der Waals surface area contributed by atoms with E-state index in [4.69, 9.17) is 4.74 Å². The lowest BCUT2D eigenvalue weighted by atomic mass is 9.87. The molecule has 4 aromatic rings. The van der Waals surface area contributed by atoms with E-state index < -0.39 is 5.97 Å². The minimum Gasteiger partial charge on any atom is -0.492 e. The maximum absolute atomic E-state index is 13.4. The summed E-state index contributed by atoms with van der Waals surface area (Å²) in [6.07, 6.45) is 0. The summed E-state index contributed by atoms with van der Waals surface area (Å²) in [5.41, 5.74) is 2.76. The van der Waals surface area contributed by atoms with E-state index in [-0.39, 0.29) is 35.1 Å². The molecule has 1 N–H and O–H groups in total. The third kappa shape index (κ3) is 4.68. The number of aromatic nitrogens is 2. The van der Waals surface area contributed by atoms with Crippen molar-refractivity contribution in [2.24, 2.45) is 0 Å². The molecule has 0 aliphatic carbocycles. The molecule has 170 valence electrons. The number of aryl methyl sites for hydroxylation is 1. The fourth-order valence-corrected chi connectivity index (χ4v) is 4.52. The topological polar surface area (TPSA) is 81.4 Å². The molecule has 0 saturated carbocycles. The Labute approximate surface area is 196 Å². The number of ether oxygens (including phenoxy) is 1. The van der Waals surface area contributed by atoms with Gasteiger partial charge in [-0.2, -0.15) is 0 Å². The summed E-state index contributed by atoms with van der Waals surface area (Å²) in [5.74, 6) is 0.0756. The largest absolute Gasteiger partial charge is 0.492 e. The highest BCUT2D eigenvalue weighted by Gasteiger charge is 2.20. The van der Waals surface area contributed by atoms with Gasteiger partial charge in [0.2, 0.25) is 0 Å². The van der Waals surface area contributed by atoms with Crippen LogP contribution in [0.1, 0.15) is 42.3 Å². The fraction of sp³-hybridized carbons (Fsp3) is 0.269. The highest BCUT2D eigenvalue weighted by atomic mass is 32.1. The van der Waals surface area contributed by atoms with Crippen LogP contribution in [-0.4, -0.2) is 27.2 Å². The van der Waals surface area contributed by atoms with Crippen molar-refractivity contribution in [2.75, 3.05) is 6.61 Å². The molecule has 33 heavy (non-hydrogen) atoms. The van der Waals surface area contributed by atoms with Crippen molar-refractivity contribution < 1.29 is 14.6 Å². The lowest BCUT2D eigenvalue weighted by Crippen LogP contribution is -2.26. The Morgan fingerprint density at radius 1 is 1.09 bits per heavy atom. The zero-order chi connectivity index (χ0) is 23.8. The van der Waals surface area contributed by atoms with Gasteiger partial charge in [0.15, 0.2) is 0 Å². The van der Waals surface area contributed by atoms with Crippen LogP contribution in [0.25, 0.3) is 21.6 Å². The Bertz CT molecular complexity index is 1360. The normalized spacial score (nSPS) is 11.6. The Kier molecular flexibility index (Phi) is 6.08. The van der Waals surface area contributed by atoms with Gasteiger partial charge in [0, 0.05) is 10.9 Å². The molecule has 0 amide bonds. The van der Waals surface area contributed by atoms with Gasteiger partial charge in [0.1, 0.15) is 23.0 Å². The molecule has 0 aliphatic heterocycles. The first-order chi connectivity index (χ1) is 15.6. The number of aromatic carboxylic acids is 1. The molecule has 0 aliphatic rings. The van der Waals surface area contributed by atoms with E-state index in [9.17, 15) is 14.7 Å². The summed E-state index contributed by atoms with van der Waals surface area (Å²) >= 11 is 1.16. The van der Waals surface area contributed by atoms with E-state index in [1.54, 1.807) is 0 Å². The molecular formula is C26H26N2O4S. The average Bonchev–Trinajstić information content (AvgIpc) is 3.20. The molecule has 0 spiro atoms. The van der Waals surface area contributed by atoms with Gasteiger partial charge >= 0.3 is 5.97 Å². The number of carboxylic acids is 1. The van der Waals surface area contributed by atoms with Gasteiger partial charge in [-0.3, -0.25) is 9.36 Å². The van der Waals surface area contributed by atoms with E-state index in [1.165, 1.54) is 15.5 Å². The molecule has 2 heterocycles. The number of benzene rings is 2. The first kappa shape index (κ1) is 22.7. The highest BCUT2D eigenvalue weighted by molar-refractivity contribution is 7.17. The number of carboxylic acid groups (broad SMARTS) is 1. The third-order valence-corrected chi connectivity index (χ3v) is 6.41. The number of thiophene rings is 1. The molecule has 2 aromatic carbocycles. The van der Waals surface area contributed by atoms with Crippen LogP contribution in [0.5, 0.6) is 5.75 Å². The number of nitrogens with zero attached hydrogens (tertiary/aromatic N) is 2. The molecule has 0 atom stereocenters. The monoisotopic (exact) mass is 462 g/mol. The van der Waals surface area contributed by atoms with E-state index in [1.807, 2.05) is 55.5 Å². The SMILES string of the molecule is Cc1ccc(-c2nc3scc(C(=O)O)c3c(=O)n2CCOc2ccc(C(C)(C)C)cc2)cc1. The van der Waals surface area contributed by atoms with Crippen molar-refractivity contribution in [1.82, 2.24) is 9.55 Å². The summed E-state index contributed by atoms with van der Waals surface area (Å²) < 4.78 is 7.42. The smallest absolute Gasteiger partial charge is 0.337 e. The summed E-state index contributed by atoms with van der Waals surface area (Å²) in [5, 5.41) is 11.1. The highest BCUT2D eigenvalue weighted by Crippen LogP contribution is 2.26. The van der Waals surface area contributed by atoms with Crippen LogP contribution >= 0.6 is 11.3 Å². The minimum atomic E-state index is -1.13. The van der Waals surface area contributed by atoms with Gasteiger partial charge in [-0.1, -0.05) is 62.7 Å². The van der Waals surface area contributed by atoms with Gasteiger partial charge in [-0.15, -0.1) is 11.3 Å². The molecule has 2 aromatic heterocycles. The van der Waals surface area contributed by atoms with Crippen molar-refractivity contribution in [3.63, 3.8) is 0 Å². The molecule has 0 bridgehead atoms. The van der Waals surface area contributed by atoms with Crippen molar-refractivity contribution in [3.05, 3.63) is 81.0 Å². The minimum absolute atomic E-state index is 0.0182. The second kappa shape index (κ2) is 8.83. The first-order valence-electron chi connectivity index (χ1n) is 10.7. The summed E-state index contributed by atoms with van der Waals surface area (Å²) in [6.45, 7) is 8.93. The van der Waals surface area contributed by atoms with Crippen LogP contribution in [0.3, 0.4) is 0 Å². The van der Waals surface area contributed by atoms with Crippen molar-refractivity contribution in [1.29, 1.82) is 0 Å². The van der Waals surface area contributed by atoms with Crippen LogP contribution in [0, 0.1) is 6.92 Å². The van der Waals surface area contributed by atoms with Crippen molar-refractivity contribution >= 4 is 27.5 Å². The van der Waals surface area contributed by atoms with E-state index in [0.29, 0.717) is 16.4 Å². The summed E-state index contributed by atoms with van der Waals surface area (Å²) in [6, 6.07) is 15.7. The maximum atomic E-state index is 13.4. The molecular weight excluding hydrogens is 436 g/mol. The van der Waals surface area contributed by atoms with Gasteiger partial charge in [0.05, 0.1) is 17.5 Å². The molecule has 0 saturated heterocycles. The second-order valence-electron chi connectivity index (χ2n) is 9.02. The number of hydrogen-bond donors (Lipinski definition) is 1. The van der Waals surface area contributed by atoms with Gasteiger partial charge in [0.25, 0.3) is 5.56 Å². The van der Waals surface area contributed by atoms with E-state index in [0.717, 1.165) is 22.5 Å². The molecule has 0 radical (unpaired) electrons. The number of rotatable bonds is 6. The predicted octanol–water partition coefficient (Wildman–Crippen LogP) is 5.51. The predicted molar refractivity (Wildman–Crippen MR) is 132 cm³/mol. The third-order valence-electron chi connectivity index (χ3n) is 5.54. The summed E-state index contributed by atoms with van der Waals surface area (Å²) in [4.78, 5) is 30.1. The maximum Gasteiger partial charge on any atom is 0.337 e. The average molecular weight is 463 g/mol. The molecule has 7 heteroatoms. The Balaban J connectivity index is 1.68. The molecule has 0 unspecified atom stereocenters. The van der Waals surface area contributed by atoms with Crippen molar-refractivity contribution in [2.45, 2.75) is 39.7 Å².